The lowest BCUT2D eigenvalue weighted by Gasteiger charge is -2.12. The van der Waals surface area contributed by atoms with Crippen LogP contribution in [0.1, 0.15) is 17.2 Å². The summed E-state index contributed by atoms with van der Waals surface area (Å²) in [6, 6.07) is 10.1. The zero-order chi connectivity index (χ0) is 13.1. The molecule has 0 aliphatic rings. The molecule has 2 rings (SSSR count). The highest BCUT2D eigenvalue weighted by molar-refractivity contribution is 6.31. The Bertz CT molecular complexity index is 557. The monoisotopic (exact) mass is 268 g/mol. The smallest absolute Gasteiger partial charge is 0.142 e. The van der Waals surface area contributed by atoms with Gasteiger partial charge >= 0.3 is 0 Å². The van der Waals surface area contributed by atoms with Crippen LogP contribution in [0.2, 0.25) is 5.02 Å². The van der Waals surface area contributed by atoms with Gasteiger partial charge in [0.2, 0.25) is 0 Å². The predicted molar refractivity (Wildman–Crippen MR) is 66.5 cm³/mol. The highest BCUT2D eigenvalue weighted by Crippen LogP contribution is 2.25. The topological polar surface area (TPSA) is 20.2 Å². The van der Waals surface area contributed by atoms with Gasteiger partial charge in [-0.05, 0) is 29.3 Å². The maximum absolute atomic E-state index is 13.2. The lowest BCUT2D eigenvalue weighted by molar-refractivity contribution is 0.178. The number of hydrogen-bond donors (Lipinski definition) is 1. The van der Waals surface area contributed by atoms with E-state index in [2.05, 4.69) is 0 Å². The quantitative estimate of drug-likeness (QED) is 0.895. The van der Waals surface area contributed by atoms with Gasteiger partial charge in [-0.25, -0.2) is 8.78 Å². The number of halogens is 3. The Morgan fingerprint density at radius 1 is 1.11 bits per heavy atom. The molecule has 0 fully saturated rings. The molecule has 94 valence electrons. The Morgan fingerprint density at radius 3 is 2.56 bits per heavy atom. The fourth-order valence-corrected chi connectivity index (χ4v) is 1.95. The van der Waals surface area contributed by atoms with Gasteiger partial charge in [0.05, 0.1) is 11.1 Å². The van der Waals surface area contributed by atoms with Crippen molar-refractivity contribution in [2.24, 2.45) is 0 Å². The molecule has 0 spiro atoms. The van der Waals surface area contributed by atoms with Crippen LogP contribution in [0.5, 0.6) is 0 Å². The molecule has 18 heavy (non-hydrogen) atoms. The summed E-state index contributed by atoms with van der Waals surface area (Å²) in [5.74, 6) is -0.947. The van der Waals surface area contributed by atoms with Crippen molar-refractivity contribution in [1.29, 1.82) is 0 Å². The normalized spacial score (nSPS) is 12.4. The van der Waals surface area contributed by atoms with Crippen molar-refractivity contribution in [3.05, 3.63) is 70.2 Å². The summed E-state index contributed by atoms with van der Waals surface area (Å²) in [7, 11) is 0. The van der Waals surface area contributed by atoms with E-state index in [0.29, 0.717) is 11.1 Å². The van der Waals surface area contributed by atoms with E-state index in [1.807, 2.05) is 0 Å². The molecule has 2 aromatic rings. The van der Waals surface area contributed by atoms with E-state index in [1.165, 1.54) is 30.3 Å². The average molecular weight is 269 g/mol. The molecule has 0 heterocycles. The van der Waals surface area contributed by atoms with Crippen LogP contribution in [0.15, 0.2) is 42.5 Å². The summed E-state index contributed by atoms with van der Waals surface area (Å²) in [6.45, 7) is 0. The second kappa shape index (κ2) is 5.46. The minimum atomic E-state index is -0.917. The number of aliphatic hydroxyl groups is 1. The van der Waals surface area contributed by atoms with Gasteiger partial charge in [0.15, 0.2) is 0 Å². The maximum atomic E-state index is 13.2. The van der Waals surface area contributed by atoms with Crippen LogP contribution in [-0.4, -0.2) is 5.11 Å². The molecule has 0 saturated heterocycles. The number of hydrogen-bond acceptors (Lipinski definition) is 1. The van der Waals surface area contributed by atoms with Gasteiger partial charge in [-0.1, -0.05) is 35.9 Å². The maximum Gasteiger partial charge on any atom is 0.142 e. The molecule has 0 aliphatic carbocycles. The predicted octanol–water partition coefficient (Wildman–Crippen LogP) is 3.89. The molecular formula is C14H11ClF2O. The van der Waals surface area contributed by atoms with E-state index < -0.39 is 17.7 Å². The Morgan fingerprint density at radius 2 is 1.83 bits per heavy atom. The molecule has 0 aliphatic heterocycles. The minimum Gasteiger partial charge on any atom is -0.388 e. The van der Waals surface area contributed by atoms with Crippen molar-refractivity contribution in [3.63, 3.8) is 0 Å². The Labute approximate surface area is 109 Å². The molecule has 1 unspecified atom stereocenters. The molecule has 1 nitrogen and oxygen atoms in total. The van der Waals surface area contributed by atoms with Gasteiger partial charge in [0.1, 0.15) is 11.6 Å². The lowest BCUT2D eigenvalue weighted by Crippen LogP contribution is -2.03. The molecule has 0 saturated carbocycles. The third kappa shape index (κ3) is 2.86. The van der Waals surface area contributed by atoms with Crippen LogP contribution in [0.25, 0.3) is 0 Å². The van der Waals surface area contributed by atoms with Crippen molar-refractivity contribution >= 4 is 11.6 Å². The van der Waals surface area contributed by atoms with Gasteiger partial charge in [-0.2, -0.15) is 0 Å². The molecular weight excluding hydrogens is 258 g/mol. The van der Waals surface area contributed by atoms with Crippen LogP contribution in [0.3, 0.4) is 0 Å². The Hall–Kier alpha value is -1.45. The molecule has 2 aromatic carbocycles. The highest BCUT2D eigenvalue weighted by Gasteiger charge is 2.13. The van der Waals surface area contributed by atoms with Gasteiger partial charge in [0.25, 0.3) is 0 Å². The second-order valence-corrected chi connectivity index (χ2v) is 4.37. The molecule has 0 aromatic heterocycles. The van der Waals surface area contributed by atoms with E-state index in [0.717, 1.165) is 0 Å². The Kier molecular flexibility index (Phi) is 3.94. The SMILES string of the molecule is OC(Cc1cccc(F)c1Cl)c1cccc(F)c1. The van der Waals surface area contributed by atoms with Crippen LogP contribution < -0.4 is 0 Å². The third-order valence-corrected chi connectivity index (χ3v) is 3.10. The first-order valence-electron chi connectivity index (χ1n) is 5.44. The van der Waals surface area contributed by atoms with E-state index in [9.17, 15) is 13.9 Å². The first-order chi connectivity index (χ1) is 8.58. The van der Waals surface area contributed by atoms with Crippen molar-refractivity contribution in [3.8, 4) is 0 Å². The molecule has 1 N–H and O–H groups in total. The molecule has 4 heteroatoms. The van der Waals surface area contributed by atoms with Gasteiger partial charge in [-0.15, -0.1) is 0 Å². The van der Waals surface area contributed by atoms with Gasteiger partial charge in [-0.3, -0.25) is 0 Å². The second-order valence-electron chi connectivity index (χ2n) is 3.99. The summed E-state index contributed by atoms with van der Waals surface area (Å²) in [5.41, 5.74) is 0.934. The van der Waals surface area contributed by atoms with Crippen LogP contribution in [-0.2, 0) is 6.42 Å². The standard InChI is InChI=1S/C14H11ClF2O/c15-14-10(4-2-6-12(14)17)8-13(18)9-3-1-5-11(16)7-9/h1-7,13,18H,8H2. The largest absolute Gasteiger partial charge is 0.388 e. The summed E-state index contributed by atoms with van der Waals surface area (Å²) < 4.78 is 26.2. The molecule has 0 radical (unpaired) electrons. The van der Waals surface area contributed by atoms with E-state index in [4.69, 9.17) is 11.6 Å². The van der Waals surface area contributed by atoms with Gasteiger partial charge in [0, 0.05) is 6.42 Å². The summed E-state index contributed by atoms with van der Waals surface area (Å²) in [6.07, 6.45) is -0.778. The van der Waals surface area contributed by atoms with E-state index in [1.54, 1.807) is 12.1 Å². The summed E-state index contributed by atoms with van der Waals surface area (Å²) in [5, 5.41) is 9.96. The minimum absolute atomic E-state index is 0.00652. The zero-order valence-corrected chi connectivity index (χ0v) is 10.2. The number of aliphatic hydroxyl groups excluding tert-OH is 1. The lowest BCUT2D eigenvalue weighted by atomic mass is 10.0. The number of benzene rings is 2. The first-order valence-corrected chi connectivity index (χ1v) is 5.82. The average Bonchev–Trinajstić information content (AvgIpc) is 2.35. The van der Waals surface area contributed by atoms with Crippen molar-refractivity contribution in [2.45, 2.75) is 12.5 Å². The fourth-order valence-electron chi connectivity index (χ4n) is 1.75. The summed E-state index contributed by atoms with van der Waals surface area (Å²) >= 11 is 5.80. The van der Waals surface area contributed by atoms with E-state index in [-0.39, 0.29) is 11.4 Å². The van der Waals surface area contributed by atoms with E-state index >= 15 is 0 Å². The van der Waals surface area contributed by atoms with Crippen LogP contribution in [0.4, 0.5) is 8.78 Å². The van der Waals surface area contributed by atoms with Crippen molar-refractivity contribution in [1.82, 2.24) is 0 Å². The van der Waals surface area contributed by atoms with Gasteiger partial charge < -0.3 is 5.11 Å². The molecule has 0 amide bonds. The zero-order valence-electron chi connectivity index (χ0n) is 9.41. The highest BCUT2D eigenvalue weighted by atomic mass is 35.5. The fraction of sp³-hybridized carbons (Fsp3) is 0.143. The van der Waals surface area contributed by atoms with Crippen molar-refractivity contribution in [2.75, 3.05) is 0 Å². The molecule has 0 bridgehead atoms. The molecule has 1 atom stereocenters. The van der Waals surface area contributed by atoms with Crippen LogP contribution >= 0.6 is 11.6 Å². The summed E-state index contributed by atoms with van der Waals surface area (Å²) in [4.78, 5) is 0. The number of rotatable bonds is 3. The Balaban J connectivity index is 2.21. The first kappa shape index (κ1) is 13.0. The van der Waals surface area contributed by atoms with Crippen LogP contribution in [0, 0.1) is 11.6 Å². The van der Waals surface area contributed by atoms with Crippen molar-refractivity contribution < 1.29 is 13.9 Å². The third-order valence-electron chi connectivity index (χ3n) is 2.68.